The van der Waals surface area contributed by atoms with E-state index in [1.165, 1.54) is 4.31 Å². The van der Waals surface area contributed by atoms with E-state index in [0.29, 0.717) is 12.3 Å². The van der Waals surface area contributed by atoms with Crippen LogP contribution in [0.2, 0.25) is 0 Å². The molecule has 5 heteroatoms. The molecule has 1 unspecified atom stereocenters. The standard InChI is InChI=1S/C23H23NO3S/c1-17-7-11-19(12-8-17)23-15-24(22-6-4-3-5-20(22)16-27-23)28(25,26)21-13-9-18(2)10-14-21/h3-14,23H,15-16H2,1-2H3. The predicted octanol–water partition coefficient (Wildman–Crippen LogP) is 4.77. The average Bonchev–Trinajstić information content (AvgIpc) is 2.89. The summed E-state index contributed by atoms with van der Waals surface area (Å²) in [6.45, 7) is 4.57. The monoisotopic (exact) mass is 393 g/mol. The molecule has 3 aromatic carbocycles. The lowest BCUT2D eigenvalue weighted by molar-refractivity contribution is 0.0508. The summed E-state index contributed by atoms with van der Waals surface area (Å²) in [6.07, 6.45) is -0.340. The highest BCUT2D eigenvalue weighted by molar-refractivity contribution is 7.92. The summed E-state index contributed by atoms with van der Waals surface area (Å²) in [5.74, 6) is 0. The third-order valence-electron chi connectivity index (χ3n) is 5.09. The SMILES string of the molecule is Cc1ccc(C2CN(S(=O)(=O)c3ccc(C)cc3)c3ccccc3CO2)cc1. The minimum absolute atomic E-state index is 0.232. The van der Waals surface area contributed by atoms with E-state index in [1.807, 2.05) is 74.5 Å². The number of ether oxygens (including phenoxy) is 1. The van der Waals surface area contributed by atoms with Crippen LogP contribution in [0.4, 0.5) is 5.69 Å². The Labute approximate surface area is 166 Å². The van der Waals surface area contributed by atoms with Crippen molar-refractivity contribution >= 4 is 15.7 Å². The van der Waals surface area contributed by atoms with E-state index >= 15 is 0 Å². The van der Waals surface area contributed by atoms with Crippen molar-refractivity contribution in [2.45, 2.75) is 31.5 Å². The van der Waals surface area contributed by atoms with Crippen molar-refractivity contribution in [3.05, 3.63) is 95.1 Å². The van der Waals surface area contributed by atoms with Crippen LogP contribution in [-0.2, 0) is 21.4 Å². The molecule has 0 bridgehead atoms. The van der Waals surface area contributed by atoms with Crippen molar-refractivity contribution in [2.24, 2.45) is 0 Å². The Kier molecular flexibility index (Phi) is 4.96. The van der Waals surface area contributed by atoms with Gasteiger partial charge in [0.25, 0.3) is 10.0 Å². The van der Waals surface area contributed by atoms with Gasteiger partial charge in [-0.3, -0.25) is 4.31 Å². The van der Waals surface area contributed by atoms with Gasteiger partial charge in [-0.25, -0.2) is 8.42 Å². The molecule has 1 aliphatic heterocycles. The van der Waals surface area contributed by atoms with E-state index in [-0.39, 0.29) is 17.5 Å². The maximum atomic E-state index is 13.5. The topological polar surface area (TPSA) is 46.6 Å². The summed E-state index contributed by atoms with van der Waals surface area (Å²) in [4.78, 5) is 0.289. The second-order valence-electron chi connectivity index (χ2n) is 7.19. The third-order valence-corrected chi connectivity index (χ3v) is 6.88. The molecule has 3 aromatic rings. The van der Waals surface area contributed by atoms with Crippen LogP contribution in [0, 0.1) is 13.8 Å². The van der Waals surface area contributed by atoms with Crippen LogP contribution in [0.5, 0.6) is 0 Å². The van der Waals surface area contributed by atoms with Crippen molar-refractivity contribution in [3.8, 4) is 0 Å². The molecule has 0 saturated heterocycles. The fourth-order valence-corrected chi connectivity index (χ4v) is 4.92. The molecule has 0 spiro atoms. The van der Waals surface area contributed by atoms with E-state index in [2.05, 4.69) is 0 Å². The molecular formula is C23H23NO3S. The number of benzene rings is 3. The van der Waals surface area contributed by atoms with Crippen LogP contribution in [-0.4, -0.2) is 15.0 Å². The number of hydrogen-bond donors (Lipinski definition) is 0. The summed E-state index contributed by atoms with van der Waals surface area (Å²) in [5.41, 5.74) is 4.70. The minimum atomic E-state index is -3.71. The summed E-state index contributed by atoms with van der Waals surface area (Å²) in [7, 11) is -3.71. The van der Waals surface area contributed by atoms with Gasteiger partial charge in [0.05, 0.1) is 23.7 Å². The van der Waals surface area contributed by atoms with Crippen molar-refractivity contribution < 1.29 is 13.2 Å². The highest BCUT2D eigenvalue weighted by Crippen LogP contribution is 2.35. The maximum absolute atomic E-state index is 13.5. The minimum Gasteiger partial charge on any atom is -0.367 e. The zero-order valence-corrected chi connectivity index (χ0v) is 16.8. The molecule has 0 saturated carbocycles. The van der Waals surface area contributed by atoms with Crippen LogP contribution in [0.1, 0.15) is 28.4 Å². The fourth-order valence-electron chi connectivity index (χ4n) is 3.42. The molecule has 0 radical (unpaired) electrons. The zero-order chi connectivity index (χ0) is 19.7. The molecule has 0 fully saturated rings. The van der Waals surface area contributed by atoms with Crippen molar-refractivity contribution in [2.75, 3.05) is 10.8 Å². The first kappa shape index (κ1) is 18.7. The van der Waals surface area contributed by atoms with Crippen LogP contribution in [0.3, 0.4) is 0 Å². The molecule has 144 valence electrons. The second-order valence-corrected chi connectivity index (χ2v) is 9.05. The van der Waals surface area contributed by atoms with Gasteiger partial charge in [0.1, 0.15) is 6.10 Å². The molecule has 4 nitrogen and oxygen atoms in total. The highest BCUT2D eigenvalue weighted by Gasteiger charge is 2.32. The number of hydrogen-bond acceptors (Lipinski definition) is 3. The maximum Gasteiger partial charge on any atom is 0.264 e. The lowest BCUT2D eigenvalue weighted by atomic mass is 10.1. The second kappa shape index (κ2) is 7.41. The van der Waals surface area contributed by atoms with Gasteiger partial charge >= 0.3 is 0 Å². The molecule has 1 atom stereocenters. The molecule has 1 heterocycles. The average molecular weight is 394 g/mol. The normalized spacial score (nSPS) is 17.1. The Morgan fingerprint density at radius 1 is 0.857 bits per heavy atom. The Morgan fingerprint density at radius 3 is 2.14 bits per heavy atom. The summed E-state index contributed by atoms with van der Waals surface area (Å²) >= 11 is 0. The van der Waals surface area contributed by atoms with Gasteiger partial charge in [0.2, 0.25) is 0 Å². The third kappa shape index (κ3) is 3.55. The zero-order valence-electron chi connectivity index (χ0n) is 16.0. The van der Waals surface area contributed by atoms with Gasteiger partial charge < -0.3 is 4.74 Å². The van der Waals surface area contributed by atoms with E-state index in [9.17, 15) is 8.42 Å². The number of sulfonamides is 1. The van der Waals surface area contributed by atoms with Crippen molar-refractivity contribution in [1.82, 2.24) is 0 Å². The Bertz CT molecular complexity index is 1070. The van der Waals surface area contributed by atoms with Crippen LogP contribution in [0.15, 0.2) is 77.7 Å². The number of anilines is 1. The van der Waals surface area contributed by atoms with E-state index in [0.717, 1.165) is 22.3 Å². The van der Waals surface area contributed by atoms with Crippen LogP contribution in [0.25, 0.3) is 0 Å². The van der Waals surface area contributed by atoms with Crippen LogP contribution < -0.4 is 4.31 Å². The smallest absolute Gasteiger partial charge is 0.264 e. The lowest BCUT2D eigenvalue weighted by Gasteiger charge is -2.27. The Balaban J connectivity index is 1.79. The quantitative estimate of drug-likeness (QED) is 0.644. The molecular weight excluding hydrogens is 370 g/mol. The molecule has 4 rings (SSSR count). The fraction of sp³-hybridized carbons (Fsp3) is 0.217. The molecule has 0 N–H and O–H groups in total. The van der Waals surface area contributed by atoms with E-state index in [1.54, 1.807) is 12.1 Å². The predicted molar refractivity (Wildman–Crippen MR) is 111 cm³/mol. The van der Waals surface area contributed by atoms with Gasteiger partial charge in [-0.05, 0) is 37.6 Å². The first-order valence-corrected chi connectivity index (χ1v) is 10.7. The lowest BCUT2D eigenvalue weighted by Crippen LogP contribution is -2.34. The number of nitrogens with zero attached hydrogens (tertiary/aromatic N) is 1. The number of rotatable bonds is 3. The van der Waals surface area contributed by atoms with Crippen LogP contribution >= 0.6 is 0 Å². The van der Waals surface area contributed by atoms with Crippen molar-refractivity contribution in [3.63, 3.8) is 0 Å². The number of fused-ring (bicyclic) bond motifs is 1. The van der Waals surface area contributed by atoms with Gasteiger partial charge in [-0.1, -0.05) is 65.7 Å². The summed E-state index contributed by atoms with van der Waals surface area (Å²) in [5, 5.41) is 0. The molecule has 28 heavy (non-hydrogen) atoms. The Hall–Kier alpha value is -2.63. The van der Waals surface area contributed by atoms with E-state index < -0.39 is 10.0 Å². The number of aryl methyl sites for hydroxylation is 2. The van der Waals surface area contributed by atoms with Gasteiger partial charge in [-0.2, -0.15) is 0 Å². The van der Waals surface area contributed by atoms with Crippen molar-refractivity contribution in [1.29, 1.82) is 0 Å². The van der Waals surface area contributed by atoms with Gasteiger partial charge in [0.15, 0.2) is 0 Å². The van der Waals surface area contributed by atoms with Gasteiger partial charge in [0, 0.05) is 5.56 Å². The Morgan fingerprint density at radius 2 is 1.46 bits per heavy atom. The molecule has 0 amide bonds. The largest absolute Gasteiger partial charge is 0.367 e. The van der Waals surface area contributed by atoms with E-state index in [4.69, 9.17) is 4.74 Å². The first-order valence-electron chi connectivity index (χ1n) is 9.30. The molecule has 0 aliphatic carbocycles. The highest BCUT2D eigenvalue weighted by atomic mass is 32.2. The molecule has 0 aromatic heterocycles. The summed E-state index contributed by atoms with van der Waals surface area (Å²) in [6, 6.07) is 22.6. The van der Waals surface area contributed by atoms with Gasteiger partial charge in [-0.15, -0.1) is 0 Å². The molecule has 1 aliphatic rings. The number of para-hydroxylation sites is 1. The summed E-state index contributed by atoms with van der Waals surface area (Å²) < 4.78 is 34.7. The first-order chi connectivity index (χ1) is 13.4.